The van der Waals surface area contributed by atoms with Crippen LogP contribution in [0.15, 0.2) is 18.2 Å². The molecule has 0 aromatic heterocycles. The van der Waals surface area contributed by atoms with E-state index in [1.165, 1.54) is 6.07 Å². The lowest BCUT2D eigenvalue weighted by molar-refractivity contribution is 0.142. The van der Waals surface area contributed by atoms with E-state index in [0.29, 0.717) is 17.1 Å². The molecule has 0 saturated heterocycles. The Kier molecular flexibility index (Phi) is 5.82. The Hall–Kier alpha value is -0.640. The van der Waals surface area contributed by atoms with Crippen LogP contribution in [0.4, 0.5) is 4.39 Å². The van der Waals surface area contributed by atoms with Crippen molar-refractivity contribution >= 4 is 11.6 Å². The highest BCUT2D eigenvalue weighted by molar-refractivity contribution is 6.30. The van der Waals surface area contributed by atoms with E-state index in [4.69, 9.17) is 17.3 Å². The normalized spacial score (nSPS) is 23.2. The van der Waals surface area contributed by atoms with Gasteiger partial charge in [0.25, 0.3) is 0 Å². The topological polar surface area (TPSA) is 29.3 Å². The summed E-state index contributed by atoms with van der Waals surface area (Å²) in [5, 5.41) is 0.474. The molecule has 112 valence electrons. The molecule has 1 aromatic rings. The molecule has 2 rings (SSSR count). The maximum Gasteiger partial charge on any atom is 0.125 e. The van der Waals surface area contributed by atoms with Gasteiger partial charge in [0.2, 0.25) is 0 Å². The standard InChI is InChI=1S/C16H24ClFN2/c1-2-7-20(16-5-3-15(19)4-6-16)11-12-8-13(17)10-14(18)9-12/h8-10,15-16H,2-7,11,19H2,1H3. The SMILES string of the molecule is CCCN(Cc1cc(F)cc(Cl)c1)C1CCC(N)CC1. The average molecular weight is 299 g/mol. The molecule has 1 fully saturated rings. The molecule has 0 radical (unpaired) electrons. The minimum Gasteiger partial charge on any atom is -0.328 e. The van der Waals surface area contributed by atoms with Crippen LogP contribution < -0.4 is 5.73 Å². The second-order valence-electron chi connectivity index (χ2n) is 5.82. The van der Waals surface area contributed by atoms with Crippen molar-refractivity contribution < 1.29 is 4.39 Å². The molecular formula is C16H24ClFN2. The fourth-order valence-electron chi connectivity index (χ4n) is 3.08. The van der Waals surface area contributed by atoms with Crippen LogP contribution in [0.3, 0.4) is 0 Å². The monoisotopic (exact) mass is 298 g/mol. The van der Waals surface area contributed by atoms with Gasteiger partial charge in [-0.25, -0.2) is 4.39 Å². The second-order valence-corrected chi connectivity index (χ2v) is 6.25. The van der Waals surface area contributed by atoms with Gasteiger partial charge in [0, 0.05) is 23.7 Å². The van der Waals surface area contributed by atoms with E-state index in [1.807, 2.05) is 6.07 Å². The highest BCUT2D eigenvalue weighted by atomic mass is 35.5. The molecule has 0 unspecified atom stereocenters. The summed E-state index contributed by atoms with van der Waals surface area (Å²) in [5.74, 6) is -0.255. The number of nitrogens with two attached hydrogens (primary N) is 1. The van der Waals surface area contributed by atoms with Crippen LogP contribution in [-0.4, -0.2) is 23.5 Å². The summed E-state index contributed by atoms with van der Waals surface area (Å²) in [6, 6.07) is 5.73. The lowest BCUT2D eigenvalue weighted by Crippen LogP contribution is -2.40. The molecule has 1 aromatic carbocycles. The van der Waals surface area contributed by atoms with Crippen molar-refractivity contribution in [3.8, 4) is 0 Å². The van der Waals surface area contributed by atoms with Crippen LogP contribution in [0.2, 0.25) is 5.02 Å². The van der Waals surface area contributed by atoms with Gasteiger partial charge in [0.05, 0.1) is 0 Å². The molecule has 0 bridgehead atoms. The number of hydrogen-bond donors (Lipinski definition) is 1. The first-order chi connectivity index (χ1) is 9.58. The molecule has 0 aliphatic heterocycles. The van der Waals surface area contributed by atoms with E-state index in [0.717, 1.165) is 50.8 Å². The van der Waals surface area contributed by atoms with Gasteiger partial charge in [0.15, 0.2) is 0 Å². The van der Waals surface area contributed by atoms with Gasteiger partial charge < -0.3 is 5.73 Å². The molecule has 2 N–H and O–H groups in total. The molecule has 1 saturated carbocycles. The number of nitrogens with zero attached hydrogens (tertiary/aromatic N) is 1. The predicted octanol–water partition coefficient (Wildman–Crippen LogP) is 3.96. The minimum absolute atomic E-state index is 0.255. The van der Waals surface area contributed by atoms with E-state index >= 15 is 0 Å². The molecular weight excluding hydrogens is 275 g/mol. The predicted molar refractivity (Wildman–Crippen MR) is 82.3 cm³/mol. The van der Waals surface area contributed by atoms with Crippen LogP contribution in [0.1, 0.15) is 44.6 Å². The molecule has 1 aliphatic rings. The number of halogens is 2. The van der Waals surface area contributed by atoms with Crippen molar-refractivity contribution in [3.05, 3.63) is 34.6 Å². The highest BCUT2D eigenvalue weighted by Gasteiger charge is 2.23. The minimum atomic E-state index is -0.255. The zero-order chi connectivity index (χ0) is 14.5. The molecule has 2 nitrogen and oxygen atoms in total. The van der Waals surface area contributed by atoms with Gasteiger partial charge in [-0.05, 0) is 62.4 Å². The fraction of sp³-hybridized carbons (Fsp3) is 0.625. The first-order valence-corrected chi connectivity index (χ1v) is 7.91. The summed E-state index contributed by atoms with van der Waals surface area (Å²) in [4.78, 5) is 2.46. The molecule has 0 amide bonds. The van der Waals surface area contributed by atoms with Gasteiger partial charge in [0.1, 0.15) is 5.82 Å². The lowest BCUT2D eigenvalue weighted by atomic mass is 9.90. The first kappa shape index (κ1) is 15.7. The summed E-state index contributed by atoms with van der Waals surface area (Å²) < 4.78 is 13.4. The van der Waals surface area contributed by atoms with Crippen LogP contribution in [-0.2, 0) is 6.54 Å². The maximum absolute atomic E-state index is 13.4. The van der Waals surface area contributed by atoms with Crippen LogP contribution in [0, 0.1) is 5.82 Å². The van der Waals surface area contributed by atoms with Crippen LogP contribution >= 0.6 is 11.6 Å². The van der Waals surface area contributed by atoms with Crippen molar-refractivity contribution in [1.82, 2.24) is 4.90 Å². The van der Waals surface area contributed by atoms with Gasteiger partial charge in [-0.15, -0.1) is 0 Å². The van der Waals surface area contributed by atoms with Crippen LogP contribution in [0.5, 0.6) is 0 Å². The van der Waals surface area contributed by atoms with E-state index in [1.54, 1.807) is 6.07 Å². The largest absolute Gasteiger partial charge is 0.328 e. The smallest absolute Gasteiger partial charge is 0.125 e. The molecule has 0 atom stereocenters. The van der Waals surface area contributed by atoms with Gasteiger partial charge >= 0.3 is 0 Å². The Balaban J connectivity index is 2.04. The number of benzene rings is 1. The summed E-state index contributed by atoms with van der Waals surface area (Å²) in [6.45, 7) is 3.99. The summed E-state index contributed by atoms with van der Waals surface area (Å²) in [5.41, 5.74) is 6.93. The molecule has 20 heavy (non-hydrogen) atoms. The molecule has 0 spiro atoms. The van der Waals surface area contributed by atoms with Gasteiger partial charge in [-0.1, -0.05) is 18.5 Å². The maximum atomic E-state index is 13.4. The molecule has 0 heterocycles. The third-order valence-corrected chi connectivity index (χ3v) is 4.29. The number of rotatable bonds is 5. The lowest BCUT2D eigenvalue weighted by Gasteiger charge is -2.36. The summed E-state index contributed by atoms with van der Waals surface area (Å²) in [6.07, 6.45) is 5.57. The first-order valence-electron chi connectivity index (χ1n) is 7.53. The zero-order valence-electron chi connectivity index (χ0n) is 12.1. The highest BCUT2D eigenvalue weighted by Crippen LogP contribution is 2.25. The van der Waals surface area contributed by atoms with E-state index in [-0.39, 0.29) is 5.82 Å². The fourth-order valence-corrected chi connectivity index (χ4v) is 3.33. The Morgan fingerprint density at radius 2 is 1.95 bits per heavy atom. The second kappa shape index (κ2) is 7.39. The zero-order valence-corrected chi connectivity index (χ0v) is 12.9. The van der Waals surface area contributed by atoms with E-state index in [9.17, 15) is 4.39 Å². The molecule has 4 heteroatoms. The van der Waals surface area contributed by atoms with Gasteiger partial charge in [-0.2, -0.15) is 0 Å². The Labute approximate surface area is 126 Å². The summed E-state index contributed by atoms with van der Waals surface area (Å²) in [7, 11) is 0. The van der Waals surface area contributed by atoms with Crippen molar-refractivity contribution in [2.24, 2.45) is 5.73 Å². The van der Waals surface area contributed by atoms with Crippen molar-refractivity contribution in [3.63, 3.8) is 0 Å². The third-order valence-electron chi connectivity index (χ3n) is 4.08. The Morgan fingerprint density at radius 3 is 2.55 bits per heavy atom. The van der Waals surface area contributed by atoms with Crippen molar-refractivity contribution in [2.75, 3.05) is 6.54 Å². The summed E-state index contributed by atoms with van der Waals surface area (Å²) >= 11 is 5.94. The van der Waals surface area contributed by atoms with E-state index < -0.39 is 0 Å². The Morgan fingerprint density at radius 1 is 1.25 bits per heavy atom. The Bertz CT molecular complexity index is 410. The van der Waals surface area contributed by atoms with Crippen molar-refractivity contribution in [2.45, 2.75) is 57.7 Å². The van der Waals surface area contributed by atoms with Crippen molar-refractivity contribution in [1.29, 1.82) is 0 Å². The van der Waals surface area contributed by atoms with E-state index in [2.05, 4.69) is 11.8 Å². The third kappa shape index (κ3) is 4.44. The average Bonchev–Trinajstić information content (AvgIpc) is 2.38. The van der Waals surface area contributed by atoms with Crippen LogP contribution in [0.25, 0.3) is 0 Å². The van der Waals surface area contributed by atoms with Gasteiger partial charge in [-0.3, -0.25) is 4.90 Å². The quantitative estimate of drug-likeness (QED) is 0.891. The molecule has 1 aliphatic carbocycles. The number of hydrogen-bond acceptors (Lipinski definition) is 2.